The molecule has 3 aromatic carbocycles. The molecule has 154 valence electrons. The summed E-state index contributed by atoms with van der Waals surface area (Å²) in [7, 11) is 0. The zero-order valence-corrected chi connectivity index (χ0v) is 16.9. The Morgan fingerprint density at radius 2 is 1.80 bits per heavy atom. The Balaban J connectivity index is 1.57. The van der Waals surface area contributed by atoms with Gasteiger partial charge in [0.15, 0.2) is 0 Å². The van der Waals surface area contributed by atoms with Crippen LogP contribution in [-0.2, 0) is 11.4 Å². The summed E-state index contributed by atoms with van der Waals surface area (Å²) in [5, 5.41) is 5.70. The molecule has 0 spiro atoms. The lowest BCUT2D eigenvalue weighted by molar-refractivity contribution is -0.117. The minimum atomic E-state index is -0.777. The molecular weight excluding hydrogens is 407 g/mol. The van der Waals surface area contributed by atoms with Crippen molar-refractivity contribution in [1.29, 1.82) is 0 Å². The number of rotatable bonds is 7. The highest BCUT2D eigenvalue weighted by molar-refractivity contribution is 6.33. The van der Waals surface area contributed by atoms with Crippen LogP contribution in [0.4, 0.5) is 10.1 Å². The SMILES string of the molecule is C[C@@H](NC(=O)c1ccccc1Cl)C(=O)Nc1cccc(COc2cccc(F)c2)c1. The van der Waals surface area contributed by atoms with E-state index >= 15 is 0 Å². The molecule has 0 aromatic heterocycles. The molecule has 3 aromatic rings. The van der Waals surface area contributed by atoms with E-state index in [-0.39, 0.29) is 18.3 Å². The van der Waals surface area contributed by atoms with Gasteiger partial charge in [0, 0.05) is 11.8 Å². The molecule has 2 N–H and O–H groups in total. The number of benzene rings is 3. The normalized spacial score (nSPS) is 11.4. The quantitative estimate of drug-likeness (QED) is 0.569. The molecule has 0 saturated heterocycles. The first-order valence-electron chi connectivity index (χ1n) is 9.26. The maximum absolute atomic E-state index is 13.2. The van der Waals surface area contributed by atoms with Gasteiger partial charge in [-0.15, -0.1) is 0 Å². The highest BCUT2D eigenvalue weighted by Gasteiger charge is 2.18. The summed E-state index contributed by atoms with van der Waals surface area (Å²) in [4.78, 5) is 24.8. The fourth-order valence-corrected chi connectivity index (χ4v) is 2.92. The molecule has 0 radical (unpaired) electrons. The van der Waals surface area contributed by atoms with Crippen molar-refractivity contribution < 1.29 is 18.7 Å². The molecular formula is C23H20ClFN2O3. The highest BCUT2D eigenvalue weighted by atomic mass is 35.5. The van der Waals surface area contributed by atoms with E-state index in [1.165, 1.54) is 12.1 Å². The van der Waals surface area contributed by atoms with Crippen LogP contribution in [0.1, 0.15) is 22.8 Å². The first kappa shape index (κ1) is 21.3. The number of nitrogens with one attached hydrogen (secondary N) is 2. The first-order chi connectivity index (χ1) is 14.4. The van der Waals surface area contributed by atoms with Crippen molar-refractivity contribution in [2.24, 2.45) is 0 Å². The third-order valence-electron chi connectivity index (χ3n) is 4.26. The number of ether oxygens (including phenoxy) is 1. The maximum atomic E-state index is 13.2. The Kier molecular flexibility index (Phi) is 7.03. The summed E-state index contributed by atoms with van der Waals surface area (Å²) in [6.07, 6.45) is 0. The van der Waals surface area contributed by atoms with E-state index in [9.17, 15) is 14.0 Å². The number of anilines is 1. The number of carbonyl (C=O) groups is 2. The minimum Gasteiger partial charge on any atom is -0.489 e. The zero-order valence-electron chi connectivity index (χ0n) is 16.2. The van der Waals surface area contributed by atoms with Crippen LogP contribution in [0.3, 0.4) is 0 Å². The van der Waals surface area contributed by atoms with E-state index in [2.05, 4.69) is 10.6 Å². The molecule has 7 heteroatoms. The molecule has 0 aliphatic heterocycles. The van der Waals surface area contributed by atoms with Crippen molar-refractivity contribution in [1.82, 2.24) is 5.32 Å². The number of halogens is 2. The number of amides is 2. The average Bonchev–Trinajstić information content (AvgIpc) is 2.73. The fourth-order valence-electron chi connectivity index (χ4n) is 2.70. The minimum absolute atomic E-state index is 0.214. The second kappa shape index (κ2) is 9.89. The van der Waals surface area contributed by atoms with Crippen molar-refractivity contribution in [3.63, 3.8) is 0 Å². The van der Waals surface area contributed by atoms with Gasteiger partial charge in [-0.3, -0.25) is 9.59 Å². The van der Waals surface area contributed by atoms with Crippen LogP contribution in [0.5, 0.6) is 5.75 Å². The van der Waals surface area contributed by atoms with Gasteiger partial charge >= 0.3 is 0 Å². The second-order valence-electron chi connectivity index (χ2n) is 6.61. The lowest BCUT2D eigenvalue weighted by atomic mass is 10.2. The summed E-state index contributed by atoms with van der Waals surface area (Å²) >= 11 is 6.02. The first-order valence-corrected chi connectivity index (χ1v) is 9.64. The molecule has 0 bridgehead atoms. The molecule has 30 heavy (non-hydrogen) atoms. The van der Waals surface area contributed by atoms with Crippen LogP contribution in [0.15, 0.2) is 72.8 Å². The van der Waals surface area contributed by atoms with E-state index < -0.39 is 11.9 Å². The number of carbonyl (C=O) groups excluding carboxylic acids is 2. The predicted molar refractivity (Wildman–Crippen MR) is 114 cm³/mol. The van der Waals surface area contributed by atoms with Gasteiger partial charge < -0.3 is 15.4 Å². The van der Waals surface area contributed by atoms with Crippen LogP contribution in [0.2, 0.25) is 5.02 Å². The van der Waals surface area contributed by atoms with Gasteiger partial charge in [0.25, 0.3) is 5.91 Å². The van der Waals surface area contributed by atoms with Gasteiger partial charge in [-0.05, 0) is 48.9 Å². The van der Waals surface area contributed by atoms with E-state index in [0.29, 0.717) is 22.0 Å². The Labute approximate surface area is 178 Å². The molecule has 0 aliphatic carbocycles. The van der Waals surface area contributed by atoms with Crippen molar-refractivity contribution in [2.75, 3.05) is 5.32 Å². The summed E-state index contributed by atoms with van der Waals surface area (Å²) in [6.45, 7) is 1.80. The van der Waals surface area contributed by atoms with Crippen molar-refractivity contribution in [2.45, 2.75) is 19.6 Å². The summed E-state index contributed by atoms with van der Waals surface area (Å²) in [6, 6.07) is 18.8. The molecule has 0 unspecified atom stereocenters. The van der Waals surface area contributed by atoms with E-state index in [4.69, 9.17) is 16.3 Å². The number of hydrogen-bond acceptors (Lipinski definition) is 3. The third-order valence-corrected chi connectivity index (χ3v) is 4.59. The van der Waals surface area contributed by atoms with E-state index in [1.807, 2.05) is 6.07 Å². The van der Waals surface area contributed by atoms with Crippen LogP contribution in [0, 0.1) is 5.82 Å². The van der Waals surface area contributed by atoms with Crippen LogP contribution in [0.25, 0.3) is 0 Å². The van der Waals surface area contributed by atoms with Gasteiger partial charge in [0.2, 0.25) is 5.91 Å². The Hall–Kier alpha value is -3.38. The monoisotopic (exact) mass is 426 g/mol. The van der Waals surface area contributed by atoms with Crippen molar-refractivity contribution in [3.05, 3.63) is 94.8 Å². The Morgan fingerprint density at radius 3 is 2.57 bits per heavy atom. The molecule has 0 heterocycles. The molecule has 0 aliphatic rings. The Bertz CT molecular complexity index is 1060. The smallest absolute Gasteiger partial charge is 0.253 e. The van der Waals surface area contributed by atoms with Crippen molar-refractivity contribution >= 4 is 29.1 Å². The molecule has 2 amide bonds. The summed E-state index contributed by atoms with van der Waals surface area (Å²) in [5.41, 5.74) is 1.65. The lowest BCUT2D eigenvalue weighted by Gasteiger charge is -2.15. The largest absolute Gasteiger partial charge is 0.489 e. The molecule has 0 fully saturated rings. The molecule has 1 atom stereocenters. The lowest BCUT2D eigenvalue weighted by Crippen LogP contribution is -2.41. The maximum Gasteiger partial charge on any atom is 0.253 e. The van der Waals surface area contributed by atoms with Gasteiger partial charge in [0.05, 0.1) is 10.6 Å². The van der Waals surface area contributed by atoms with Crippen LogP contribution >= 0.6 is 11.6 Å². The standard InChI is InChI=1S/C23H20ClFN2O3/c1-15(26-23(29)20-10-2-3-11-21(20)24)22(28)27-18-8-4-6-16(12-18)14-30-19-9-5-7-17(25)13-19/h2-13,15H,14H2,1H3,(H,26,29)(H,27,28)/t15-/m1/s1. The van der Waals surface area contributed by atoms with Gasteiger partial charge in [0.1, 0.15) is 24.2 Å². The number of hydrogen-bond donors (Lipinski definition) is 2. The average molecular weight is 427 g/mol. The zero-order chi connectivity index (χ0) is 21.5. The summed E-state index contributed by atoms with van der Waals surface area (Å²) in [5.74, 6) is -0.763. The van der Waals surface area contributed by atoms with E-state index in [1.54, 1.807) is 61.5 Å². The fraction of sp³-hybridized carbons (Fsp3) is 0.130. The Morgan fingerprint density at radius 1 is 1.03 bits per heavy atom. The molecule has 5 nitrogen and oxygen atoms in total. The highest BCUT2D eigenvalue weighted by Crippen LogP contribution is 2.17. The van der Waals surface area contributed by atoms with Gasteiger partial charge in [-0.2, -0.15) is 0 Å². The summed E-state index contributed by atoms with van der Waals surface area (Å²) < 4.78 is 18.8. The third kappa shape index (κ3) is 5.81. The van der Waals surface area contributed by atoms with Crippen LogP contribution < -0.4 is 15.4 Å². The van der Waals surface area contributed by atoms with Gasteiger partial charge in [-0.1, -0.05) is 41.9 Å². The molecule has 3 rings (SSSR count). The molecule has 0 saturated carbocycles. The second-order valence-corrected chi connectivity index (χ2v) is 7.02. The topological polar surface area (TPSA) is 67.4 Å². The predicted octanol–water partition coefficient (Wildman–Crippen LogP) is 4.82. The van der Waals surface area contributed by atoms with Gasteiger partial charge in [-0.25, -0.2) is 4.39 Å². The van der Waals surface area contributed by atoms with Crippen molar-refractivity contribution in [3.8, 4) is 5.75 Å². The van der Waals surface area contributed by atoms with E-state index in [0.717, 1.165) is 5.56 Å². The van der Waals surface area contributed by atoms with Crippen LogP contribution in [-0.4, -0.2) is 17.9 Å².